The minimum absolute atomic E-state index is 0.0398. The van der Waals surface area contributed by atoms with Crippen LogP contribution in [0, 0.1) is 18.3 Å². The van der Waals surface area contributed by atoms with Crippen LogP contribution in [0.4, 0.5) is 5.69 Å². The van der Waals surface area contributed by atoms with Gasteiger partial charge in [-0.3, -0.25) is 4.79 Å². The number of hydrogen-bond acceptors (Lipinski definition) is 4. The molecule has 0 heterocycles. The van der Waals surface area contributed by atoms with Gasteiger partial charge < -0.3 is 15.4 Å². The van der Waals surface area contributed by atoms with Crippen molar-refractivity contribution >= 4 is 11.6 Å². The van der Waals surface area contributed by atoms with Crippen LogP contribution in [0.15, 0.2) is 54.2 Å². The maximum absolute atomic E-state index is 12.6. The zero-order chi connectivity index (χ0) is 20.5. The summed E-state index contributed by atoms with van der Waals surface area (Å²) >= 11 is 0. The van der Waals surface area contributed by atoms with Crippen molar-refractivity contribution in [3.8, 4) is 11.8 Å². The Morgan fingerprint density at radius 3 is 2.64 bits per heavy atom. The molecule has 0 bridgehead atoms. The number of hydrogen-bond donors (Lipinski definition) is 2. The predicted octanol–water partition coefficient (Wildman–Crippen LogP) is 4.31. The van der Waals surface area contributed by atoms with Gasteiger partial charge in [-0.05, 0) is 42.0 Å². The van der Waals surface area contributed by atoms with Gasteiger partial charge in [0.2, 0.25) is 0 Å². The average Bonchev–Trinajstić information content (AvgIpc) is 2.69. The van der Waals surface area contributed by atoms with E-state index in [1.165, 1.54) is 6.20 Å². The highest BCUT2D eigenvalue weighted by Crippen LogP contribution is 2.27. The number of rotatable bonds is 8. The molecular formula is C23H27N3O2. The summed E-state index contributed by atoms with van der Waals surface area (Å²) in [5, 5.41) is 15.3. The lowest BCUT2D eigenvalue weighted by atomic mass is 9.98. The Labute approximate surface area is 167 Å². The van der Waals surface area contributed by atoms with E-state index in [0.29, 0.717) is 6.54 Å². The summed E-state index contributed by atoms with van der Waals surface area (Å²) in [7, 11) is 1.64. The molecule has 0 spiro atoms. The number of nitriles is 1. The number of benzene rings is 2. The summed E-state index contributed by atoms with van der Waals surface area (Å²) < 4.78 is 5.33. The molecule has 1 amide bonds. The molecule has 2 N–H and O–H groups in total. The lowest BCUT2D eigenvalue weighted by molar-refractivity contribution is -0.112. The first kappa shape index (κ1) is 21.0. The number of anilines is 1. The second kappa shape index (κ2) is 10.2. The Hall–Kier alpha value is -3.26. The summed E-state index contributed by atoms with van der Waals surface area (Å²) in [4.78, 5) is 12.6. The van der Waals surface area contributed by atoms with Crippen molar-refractivity contribution in [2.75, 3.05) is 19.0 Å². The smallest absolute Gasteiger partial charge is 0.267 e. The zero-order valence-electron chi connectivity index (χ0n) is 16.9. The maximum atomic E-state index is 12.6. The van der Waals surface area contributed by atoms with Gasteiger partial charge in [0.05, 0.1) is 7.11 Å². The number of nitrogens with zero attached hydrogens (tertiary/aromatic N) is 1. The third-order valence-corrected chi connectivity index (χ3v) is 4.51. The van der Waals surface area contributed by atoms with Crippen molar-refractivity contribution < 1.29 is 9.53 Å². The summed E-state index contributed by atoms with van der Waals surface area (Å²) in [6.07, 6.45) is 2.19. The molecule has 2 rings (SSSR count). The number of aryl methyl sites for hydroxylation is 1. The van der Waals surface area contributed by atoms with Crippen LogP contribution in [-0.4, -0.2) is 19.6 Å². The molecule has 0 radical (unpaired) electrons. The molecule has 0 aromatic heterocycles. The average molecular weight is 377 g/mol. The number of ether oxygens (including phenoxy) is 1. The molecule has 0 aliphatic carbocycles. The first-order chi connectivity index (χ1) is 13.5. The van der Waals surface area contributed by atoms with E-state index in [1.807, 2.05) is 55.5 Å². The van der Waals surface area contributed by atoms with Crippen molar-refractivity contribution in [1.29, 1.82) is 5.26 Å². The molecule has 0 saturated heterocycles. The number of nitrogens with one attached hydrogen (secondary N) is 2. The second-order valence-corrected chi connectivity index (χ2v) is 6.83. The quantitative estimate of drug-likeness (QED) is 0.408. The van der Waals surface area contributed by atoms with Crippen LogP contribution in [0.3, 0.4) is 0 Å². The molecule has 0 aliphatic rings. The van der Waals surface area contributed by atoms with Crippen LogP contribution >= 0.6 is 0 Å². The molecule has 28 heavy (non-hydrogen) atoms. The van der Waals surface area contributed by atoms with Crippen LogP contribution in [0.5, 0.6) is 5.75 Å². The molecule has 0 aliphatic heterocycles. The lowest BCUT2D eigenvalue weighted by Crippen LogP contribution is -2.19. The molecule has 2 aromatic carbocycles. The standard InChI is InChI=1S/C23H27N3O2/c1-16(2)20-10-7-8-17(3)22(20)26-23(27)19(14-24)15-25-13-12-18-9-5-6-11-21(18)28-4/h5-11,15-16,25H,12-13H2,1-4H3,(H,26,27)/b19-15-. The van der Waals surface area contributed by atoms with Gasteiger partial charge in [-0.15, -0.1) is 0 Å². The van der Waals surface area contributed by atoms with Crippen LogP contribution in [0.2, 0.25) is 0 Å². The molecular weight excluding hydrogens is 350 g/mol. The Bertz CT molecular complexity index is 895. The van der Waals surface area contributed by atoms with Gasteiger partial charge in [0.1, 0.15) is 17.4 Å². The minimum atomic E-state index is -0.413. The first-order valence-electron chi connectivity index (χ1n) is 9.34. The summed E-state index contributed by atoms with van der Waals surface area (Å²) in [5.41, 5.74) is 3.90. The second-order valence-electron chi connectivity index (χ2n) is 6.83. The zero-order valence-corrected chi connectivity index (χ0v) is 16.9. The van der Waals surface area contributed by atoms with Crippen LogP contribution in [0.25, 0.3) is 0 Å². The third kappa shape index (κ3) is 5.37. The van der Waals surface area contributed by atoms with Crippen molar-refractivity contribution in [1.82, 2.24) is 5.32 Å². The van der Waals surface area contributed by atoms with E-state index in [-0.39, 0.29) is 11.5 Å². The van der Waals surface area contributed by atoms with Crippen molar-refractivity contribution in [3.05, 3.63) is 70.9 Å². The van der Waals surface area contributed by atoms with E-state index >= 15 is 0 Å². The lowest BCUT2D eigenvalue weighted by Gasteiger charge is -2.16. The van der Waals surface area contributed by atoms with Crippen LogP contribution in [-0.2, 0) is 11.2 Å². The van der Waals surface area contributed by atoms with Crippen molar-refractivity contribution in [2.45, 2.75) is 33.1 Å². The first-order valence-corrected chi connectivity index (χ1v) is 9.34. The summed E-state index contributed by atoms with van der Waals surface area (Å²) in [5.74, 6) is 0.680. The van der Waals surface area contributed by atoms with E-state index in [4.69, 9.17) is 4.74 Å². The SMILES string of the molecule is COc1ccccc1CCN/C=C(/C#N)C(=O)Nc1c(C)cccc1C(C)C. The highest BCUT2D eigenvalue weighted by molar-refractivity contribution is 6.07. The van der Waals surface area contributed by atoms with Crippen LogP contribution < -0.4 is 15.4 Å². The van der Waals surface area contributed by atoms with Crippen LogP contribution in [0.1, 0.15) is 36.5 Å². The fourth-order valence-corrected chi connectivity index (χ4v) is 2.96. The van der Waals surface area contributed by atoms with Gasteiger partial charge in [0.25, 0.3) is 5.91 Å². The summed E-state index contributed by atoms with van der Waals surface area (Å²) in [6.45, 7) is 6.68. The Morgan fingerprint density at radius 1 is 1.21 bits per heavy atom. The highest BCUT2D eigenvalue weighted by Gasteiger charge is 2.15. The Balaban J connectivity index is 2.03. The van der Waals surface area contributed by atoms with Gasteiger partial charge >= 0.3 is 0 Å². The molecule has 2 aromatic rings. The molecule has 146 valence electrons. The Kier molecular flexibility index (Phi) is 7.65. The van der Waals surface area contributed by atoms with Crippen molar-refractivity contribution in [3.63, 3.8) is 0 Å². The van der Waals surface area contributed by atoms with E-state index in [1.54, 1.807) is 7.11 Å². The van der Waals surface area contributed by atoms with E-state index < -0.39 is 5.91 Å². The van der Waals surface area contributed by atoms with Gasteiger partial charge in [0.15, 0.2) is 0 Å². The molecule has 5 nitrogen and oxygen atoms in total. The molecule has 5 heteroatoms. The van der Waals surface area contributed by atoms with E-state index in [2.05, 4.69) is 24.5 Å². The third-order valence-electron chi connectivity index (χ3n) is 4.51. The number of carbonyl (C=O) groups is 1. The highest BCUT2D eigenvalue weighted by atomic mass is 16.5. The van der Waals surface area contributed by atoms with Crippen molar-refractivity contribution in [2.24, 2.45) is 0 Å². The number of para-hydroxylation sites is 2. The monoisotopic (exact) mass is 377 g/mol. The molecule has 0 atom stereocenters. The topological polar surface area (TPSA) is 74.1 Å². The number of amides is 1. The number of carbonyl (C=O) groups excluding carboxylic acids is 1. The molecule has 0 unspecified atom stereocenters. The fraction of sp³-hybridized carbons (Fsp3) is 0.304. The van der Waals surface area contributed by atoms with Gasteiger partial charge in [-0.25, -0.2) is 0 Å². The van der Waals surface area contributed by atoms with E-state index in [9.17, 15) is 10.1 Å². The largest absolute Gasteiger partial charge is 0.496 e. The predicted molar refractivity (Wildman–Crippen MR) is 112 cm³/mol. The van der Waals surface area contributed by atoms with E-state index in [0.717, 1.165) is 34.5 Å². The van der Waals surface area contributed by atoms with Gasteiger partial charge in [-0.2, -0.15) is 5.26 Å². The van der Waals surface area contributed by atoms with Gasteiger partial charge in [0, 0.05) is 18.4 Å². The maximum Gasteiger partial charge on any atom is 0.267 e. The minimum Gasteiger partial charge on any atom is -0.496 e. The molecule has 0 saturated carbocycles. The molecule has 0 fully saturated rings. The van der Waals surface area contributed by atoms with Gasteiger partial charge in [-0.1, -0.05) is 50.2 Å². The summed E-state index contributed by atoms with van der Waals surface area (Å²) in [6, 6.07) is 15.7. The fourth-order valence-electron chi connectivity index (χ4n) is 2.96. The number of methoxy groups -OCH3 is 1. The normalized spacial score (nSPS) is 11.1. The Morgan fingerprint density at radius 2 is 1.96 bits per heavy atom.